The van der Waals surface area contributed by atoms with Crippen LogP contribution in [-0.2, 0) is 0 Å². The molecule has 0 saturated carbocycles. The van der Waals surface area contributed by atoms with Crippen molar-refractivity contribution < 1.29 is 0 Å². The zero-order valence-corrected chi connectivity index (χ0v) is 14.8. The second kappa shape index (κ2) is 6.91. The third-order valence-electron chi connectivity index (χ3n) is 4.04. The fourth-order valence-corrected chi connectivity index (χ4v) is 3.93. The van der Waals surface area contributed by atoms with E-state index in [4.69, 9.17) is 4.99 Å². The summed E-state index contributed by atoms with van der Waals surface area (Å²) in [6, 6.07) is 31.1. The van der Waals surface area contributed by atoms with Crippen LogP contribution >= 0.6 is 11.3 Å². The fourth-order valence-electron chi connectivity index (χ4n) is 2.91. The number of nitrogens with zero attached hydrogens (tertiary/aromatic N) is 2. The van der Waals surface area contributed by atoms with Gasteiger partial charge < -0.3 is 0 Å². The maximum atomic E-state index is 4.91. The van der Waals surface area contributed by atoms with E-state index < -0.39 is 0 Å². The van der Waals surface area contributed by atoms with Crippen molar-refractivity contribution in [3.8, 4) is 16.9 Å². The molecule has 0 saturated heterocycles. The van der Waals surface area contributed by atoms with Crippen LogP contribution in [0.4, 0.5) is 5.69 Å². The lowest BCUT2D eigenvalue weighted by molar-refractivity contribution is 1.01. The van der Waals surface area contributed by atoms with Crippen molar-refractivity contribution in [3.63, 3.8) is 0 Å². The molecule has 0 aliphatic carbocycles. The average Bonchev–Trinajstić information content (AvgIpc) is 2.99. The zero-order chi connectivity index (χ0) is 17.1. The maximum absolute atomic E-state index is 4.91. The molecule has 0 unspecified atom stereocenters. The Balaban J connectivity index is 2.02. The second-order valence-corrected chi connectivity index (χ2v) is 6.96. The normalized spacial score (nSPS) is 11.6. The Hall–Kier alpha value is -2.91. The number of hydrogen-bond acceptors (Lipinski definition) is 2. The highest BCUT2D eigenvalue weighted by Crippen LogP contribution is 2.28. The van der Waals surface area contributed by atoms with Gasteiger partial charge in [0.2, 0.25) is 0 Å². The van der Waals surface area contributed by atoms with Gasteiger partial charge in [0.15, 0.2) is 4.80 Å². The molecule has 1 heterocycles. The number of hydrogen-bond donors (Lipinski definition) is 0. The fraction of sp³-hybridized carbons (Fsp3) is 0.0455. The number of aromatic nitrogens is 1. The van der Waals surface area contributed by atoms with Crippen molar-refractivity contribution in [3.05, 3.63) is 101 Å². The van der Waals surface area contributed by atoms with Crippen LogP contribution in [0, 0.1) is 6.92 Å². The van der Waals surface area contributed by atoms with E-state index >= 15 is 0 Å². The van der Waals surface area contributed by atoms with Crippen molar-refractivity contribution in [2.45, 2.75) is 6.92 Å². The maximum Gasteiger partial charge on any atom is 0.195 e. The summed E-state index contributed by atoms with van der Waals surface area (Å²) in [5, 5.41) is 0. The lowest BCUT2D eigenvalue weighted by Crippen LogP contribution is -2.13. The van der Waals surface area contributed by atoms with Crippen LogP contribution in [0.5, 0.6) is 0 Å². The smallest absolute Gasteiger partial charge is 0.195 e. The van der Waals surface area contributed by atoms with Gasteiger partial charge in [0.05, 0.1) is 11.4 Å². The van der Waals surface area contributed by atoms with E-state index in [1.54, 1.807) is 11.3 Å². The molecule has 0 atom stereocenters. The minimum atomic E-state index is 0.966. The van der Waals surface area contributed by atoms with Crippen molar-refractivity contribution >= 4 is 17.0 Å². The second-order valence-electron chi connectivity index (χ2n) is 5.77. The first kappa shape index (κ1) is 15.6. The van der Waals surface area contributed by atoms with Gasteiger partial charge in [-0.1, -0.05) is 66.7 Å². The van der Waals surface area contributed by atoms with E-state index in [0.29, 0.717) is 0 Å². The molecule has 0 N–H and O–H groups in total. The van der Waals surface area contributed by atoms with Crippen LogP contribution in [0.15, 0.2) is 96.0 Å². The van der Waals surface area contributed by atoms with Crippen LogP contribution in [0.25, 0.3) is 16.9 Å². The Kier molecular flexibility index (Phi) is 4.32. The topological polar surface area (TPSA) is 17.3 Å². The summed E-state index contributed by atoms with van der Waals surface area (Å²) in [5.41, 5.74) is 4.49. The predicted molar refractivity (Wildman–Crippen MR) is 105 cm³/mol. The minimum absolute atomic E-state index is 0.966. The van der Waals surface area contributed by atoms with Crippen LogP contribution in [0.2, 0.25) is 0 Å². The molecule has 3 aromatic carbocycles. The first-order valence-electron chi connectivity index (χ1n) is 8.26. The van der Waals surface area contributed by atoms with Gasteiger partial charge in [-0.3, -0.25) is 4.57 Å². The van der Waals surface area contributed by atoms with Gasteiger partial charge in [-0.05, 0) is 36.8 Å². The lowest BCUT2D eigenvalue weighted by Gasteiger charge is -2.10. The van der Waals surface area contributed by atoms with E-state index in [1.165, 1.54) is 16.1 Å². The van der Waals surface area contributed by atoms with E-state index in [2.05, 4.69) is 60.0 Å². The molecule has 4 aromatic rings. The molecule has 4 rings (SSSR count). The van der Waals surface area contributed by atoms with Gasteiger partial charge in [-0.25, -0.2) is 4.99 Å². The molecule has 1 aromatic heterocycles. The molecule has 0 spiro atoms. The summed E-state index contributed by atoms with van der Waals surface area (Å²) in [4.78, 5) is 7.14. The van der Waals surface area contributed by atoms with Gasteiger partial charge in [-0.15, -0.1) is 11.3 Å². The van der Waals surface area contributed by atoms with E-state index in [1.807, 2.05) is 42.5 Å². The van der Waals surface area contributed by atoms with Crippen LogP contribution in [-0.4, -0.2) is 4.57 Å². The summed E-state index contributed by atoms with van der Waals surface area (Å²) in [5.74, 6) is 0. The largest absolute Gasteiger partial charge is 0.285 e. The van der Waals surface area contributed by atoms with E-state index in [9.17, 15) is 0 Å². The molecule has 3 heteroatoms. The molecule has 0 bridgehead atoms. The van der Waals surface area contributed by atoms with Crippen molar-refractivity contribution in [1.29, 1.82) is 0 Å². The van der Waals surface area contributed by atoms with Gasteiger partial charge in [0.25, 0.3) is 0 Å². The minimum Gasteiger partial charge on any atom is -0.285 e. The summed E-state index contributed by atoms with van der Waals surface area (Å²) in [7, 11) is 0. The molecule has 0 aliphatic rings. The van der Waals surface area contributed by atoms with Crippen molar-refractivity contribution in [1.82, 2.24) is 4.57 Å². The standard InChI is InChI=1S/C22H18N2S/c1-17-21(18-11-5-2-6-12-18)24(20-15-9-4-10-16-20)22(25-17)23-19-13-7-3-8-14-19/h2-16H,1H3. The predicted octanol–water partition coefficient (Wildman–Crippen LogP) is 5.75. The van der Waals surface area contributed by atoms with E-state index in [0.717, 1.165) is 16.2 Å². The summed E-state index contributed by atoms with van der Waals surface area (Å²) < 4.78 is 2.25. The quantitative estimate of drug-likeness (QED) is 0.451. The molecule has 0 aliphatic heterocycles. The molecular weight excluding hydrogens is 324 g/mol. The monoisotopic (exact) mass is 342 g/mol. The number of aryl methyl sites for hydroxylation is 1. The molecular formula is C22H18N2S. The lowest BCUT2D eigenvalue weighted by atomic mass is 10.1. The molecule has 0 fully saturated rings. The first-order chi connectivity index (χ1) is 12.3. The zero-order valence-electron chi connectivity index (χ0n) is 14.0. The van der Waals surface area contributed by atoms with Gasteiger partial charge in [-0.2, -0.15) is 0 Å². The highest BCUT2D eigenvalue weighted by molar-refractivity contribution is 7.09. The Morgan fingerprint density at radius 1 is 0.720 bits per heavy atom. The van der Waals surface area contributed by atoms with Gasteiger partial charge in [0.1, 0.15) is 0 Å². The third kappa shape index (κ3) is 3.19. The third-order valence-corrected chi connectivity index (χ3v) is 4.99. The van der Waals surface area contributed by atoms with Crippen molar-refractivity contribution in [2.24, 2.45) is 4.99 Å². The van der Waals surface area contributed by atoms with Crippen LogP contribution in [0.3, 0.4) is 0 Å². The highest BCUT2D eigenvalue weighted by atomic mass is 32.1. The number of benzene rings is 3. The van der Waals surface area contributed by atoms with E-state index in [-0.39, 0.29) is 0 Å². The molecule has 2 nitrogen and oxygen atoms in total. The highest BCUT2D eigenvalue weighted by Gasteiger charge is 2.14. The Labute approximate surface area is 151 Å². The Bertz CT molecular complexity index is 1030. The van der Waals surface area contributed by atoms with Gasteiger partial charge in [0, 0.05) is 10.6 Å². The number of thiazole rings is 1. The van der Waals surface area contributed by atoms with Crippen molar-refractivity contribution in [2.75, 3.05) is 0 Å². The molecule has 0 amide bonds. The molecule has 25 heavy (non-hydrogen) atoms. The molecule has 0 radical (unpaired) electrons. The first-order valence-corrected chi connectivity index (χ1v) is 9.07. The summed E-state index contributed by atoms with van der Waals surface area (Å²) in [6.07, 6.45) is 0. The Morgan fingerprint density at radius 2 is 1.28 bits per heavy atom. The van der Waals surface area contributed by atoms with Gasteiger partial charge >= 0.3 is 0 Å². The summed E-state index contributed by atoms with van der Waals surface area (Å²) in [6.45, 7) is 2.16. The van der Waals surface area contributed by atoms with Crippen LogP contribution < -0.4 is 4.80 Å². The average molecular weight is 342 g/mol. The summed E-state index contributed by atoms with van der Waals surface area (Å²) >= 11 is 1.72. The molecule has 122 valence electrons. The number of para-hydroxylation sites is 2. The van der Waals surface area contributed by atoms with Crippen LogP contribution in [0.1, 0.15) is 4.88 Å². The SMILES string of the molecule is Cc1sc(=Nc2ccccc2)n(-c2ccccc2)c1-c1ccccc1. The Morgan fingerprint density at radius 3 is 1.92 bits per heavy atom. The number of rotatable bonds is 3.